The Kier molecular flexibility index (Phi) is 7.70. The van der Waals surface area contributed by atoms with E-state index in [4.69, 9.17) is 21.1 Å². The van der Waals surface area contributed by atoms with Gasteiger partial charge in [-0.3, -0.25) is 4.79 Å². The predicted octanol–water partition coefficient (Wildman–Crippen LogP) is 6.74. The number of aryl methyl sites for hydroxylation is 1. The van der Waals surface area contributed by atoms with Crippen LogP contribution in [-0.2, 0) is 6.61 Å². The van der Waals surface area contributed by atoms with Gasteiger partial charge in [0.15, 0.2) is 11.5 Å². The van der Waals surface area contributed by atoms with Crippen molar-refractivity contribution in [3.05, 3.63) is 95.9 Å². The number of ether oxygens (including phenoxy) is 2. The third kappa shape index (κ3) is 5.19. The largest absolute Gasteiger partial charge is 0.490 e. The Labute approximate surface area is 218 Å². The molecule has 0 saturated heterocycles. The normalized spacial score (nSPS) is 11.3. The van der Waals surface area contributed by atoms with Gasteiger partial charge < -0.3 is 9.47 Å². The lowest BCUT2D eigenvalue weighted by molar-refractivity contribution is 0.269. The van der Waals surface area contributed by atoms with Crippen LogP contribution in [0.4, 0.5) is 0 Å². The summed E-state index contributed by atoms with van der Waals surface area (Å²) in [5.74, 6) is 1.38. The van der Waals surface area contributed by atoms with Gasteiger partial charge >= 0.3 is 0 Å². The Morgan fingerprint density at radius 2 is 1.88 bits per heavy atom. The Morgan fingerprint density at radius 3 is 2.62 bits per heavy atom. The second-order valence-electron chi connectivity index (χ2n) is 7.31. The topological polar surface area (TPSA) is 65.7 Å². The van der Waals surface area contributed by atoms with Crippen molar-refractivity contribution in [3.8, 4) is 11.5 Å². The molecule has 0 amide bonds. The number of nitrogens with zero attached hydrogens (tertiary/aromatic N) is 3. The molecular formula is C25H20Br2ClN3O3. The molecule has 6 nitrogen and oxygen atoms in total. The molecule has 0 atom stereocenters. The van der Waals surface area contributed by atoms with Gasteiger partial charge in [0, 0.05) is 14.5 Å². The van der Waals surface area contributed by atoms with Crippen molar-refractivity contribution < 1.29 is 9.47 Å². The van der Waals surface area contributed by atoms with Gasteiger partial charge in [-0.25, -0.2) is 4.98 Å². The van der Waals surface area contributed by atoms with E-state index in [-0.39, 0.29) is 5.56 Å². The van der Waals surface area contributed by atoms with Crippen molar-refractivity contribution in [2.24, 2.45) is 5.10 Å². The predicted molar refractivity (Wildman–Crippen MR) is 143 cm³/mol. The molecule has 4 rings (SSSR count). The van der Waals surface area contributed by atoms with E-state index in [9.17, 15) is 4.79 Å². The molecule has 0 bridgehead atoms. The number of aromatic nitrogens is 2. The first kappa shape index (κ1) is 24.4. The van der Waals surface area contributed by atoms with E-state index in [1.54, 1.807) is 31.3 Å². The molecule has 0 spiro atoms. The number of fused-ring (bicyclic) bond motifs is 1. The van der Waals surface area contributed by atoms with Gasteiger partial charge in [0.1, 0.15) is 17.5 Å². The molecule has 1 heterocycles. The average Bonchev–Trinajstić information content (AvgIpc) is 2.83. The highest BCUT2D eigenvalue weighted by Gasteiger charge is 2.18. The minimum absolute atomic E-state index is 0.268. The number of rotatable bonds is 7. The minimum Gasteiger partial charge on any atom is -0.490 e. The molecule has 3 aromatic carbocycles. The molecule has 0 aliphatic heterocycles. The lowest BCUT2D eigenvalue weighted by atomic mass is 10.2. The van der Waals surface area contributed by atoms with Crippen LogP contribution >= 0.6 is 43.5 Å². The van der Waals surface area contributed by atoms with Crippen molar-refractivity contribution in [1.82, 2.24) is 9.66 Å². The van der Waals surface area contributed by atoms with Crippen LogP contribution < -0.4 is 15.0 Å². The molecular weight excluding hydrogens is 586 g/mol. The summed E-state index contributed by atoms with van der Waals surface area (Å²) >= 11 is 13.6. The van der Waals surface area contributed by atoms with Crippen molar-refractivity contribution in [2.45, 2.75) is 20.5 Å². The van der Waals surface area contributed by atoms with Crippen LogP contribution in [0.2, 0.25) is 5.02 Å². The van der Waals surface area contributed by atoms with Crippen LogP contribution in [0, 0.1) is 6.92 Å². The number of hydrogen-bond acceptors (Lipinski definition) is 5. The molecule has 0 radical (unpaired) electrons. The van der Waals surface area contributed by atoms with Crippen molar-refractivity contribution >= 4 is 60.6 Å². The maximum Gasteiger partial charge on any atom is 0.282 e. The van der Waals surface area contributed by atoms with Gasteiger partial charge in [-0.2, -0.15) is 9.78 Å². The zero-order chi connectivity index (χ0) is 24.2. The lowest BCUT2D eigenvalue weighted by Gasteiger charge is -2.16. The molecule has 0 saturated carbocycles. The molecule has 4 aromatic rings. The van der Waals surface area contributed by atoms with E-state index in [0.29, 0.717) is 56.5 Å². The van der Waals surface area contributed by atoms with E-state index in [2.05, 4.69) is 41.9 Å². The zero-order valence-electron chi connectivity index (χ0n) is 18.4. The van der Waals surface area contributed by atoms with E-state index < -0.39 is 0 Å². The number of benzene rings is 3. The minimum atomic E-state index is -0.268. The fourth-order valence-corrected chi connectivity index (χ4v) is 4.36. The average molecular weight is 606 g/mol. The molecule has 0 N–H and O–H groups in total. The molecule has 0 unspecified atom stereocenters. The highest BCUT2D eigenvalue weighted by Crippen LogP contribution is 2.42. The van der Waals surface area contributed by atoms with Gasteiger partial charge in [0.2, 0.25) is 0 Å². The maximum atomic E-state index is 13.0. The summed E-state index contributed by atoms with van der Waals surface area (Å²) in [4.78, 5) is 17.5. The molecule has 0 aliphatic carbocycles. The second-order valence-corrected chi connectivity index (χ2v) is 9.40. The Bertz CT molecular complexity index is 1440. The highest BCUT2D eigenvalue weighted by atomic mass is 79.9. The summed E-state index contributed by atoms with van der Waals surface area (Å²) in [6.45, 7) is 4.38. The van der Waals surface area contributed by atoms with Crippen LogP contribution in [0.25, 0.3) is 10.9 Å². The fourth-order valence-electron chi connectivity index (χ4n) is 3.34. The zero-order valence-corrected chi connectivity index (χ0v) is 22.3. The Hall–Kier alpha value is -2.68. The monoisotopic (exact) mass is 603 g/mol. The van der Waals surface area contributed by atoms with Gasteiger partial charge in [-0.1, -0.05) is 57.9 Å². The summed E-state index contributed by atoms with van der Waals surface area (Å²) in [6, 6.07) is 16.9. The molecule has 0 fully saturated rings. The quantitative estimate of drug-likeness (QED) is 0.219. The van der Waals surface area contributed by atoms with Gasteiger partial charge in [0.05, 0.1) is 23.7 Å². The third-order valence-corrected chi connectivity index (χ3v) is 6.90. The highest BCUT2D eigenvalue weighted by molar-refractivity contribution is 9.10. The molecule has 34 heavy (non-hydrogen) atoms. The molecule has 174 valence electrons. The second kappa shape index (κ2) is 10.7. The van der Waals surface area contributed by atoms with E-state index in [1.807, 2.05) is 43.3 Å². The van der Waals surface area contributed by atoms with Gasteiger partial charge in [0.25, 0.3) is 5.56 Å². The Morgan fingerprint density at radius 1 is 1.12 bits per heavy atom. The molecule has 9 heteroatoms. The first-order valence-electron chi connectivity index (χ1n) is 10.4. The van der Waals surface area contributed by atoms with Crippen LogP contribution in [0.5, 0.6) is 11.5 Å². The van der Waals surface area contributed by atoms with Crippen molar-refractivity contribution in [3.63, 3.8) is 0 Å². The van der Waals surface area contributed by atoms with Crippen LogP contribution in [0.3, 0.4) is 0 Å². The molecule has 0 aliphatic rings. The van der Waals surface area contributed by atoms with E-state index in [0.717, 1.165) is 10.0 Å². The van der Waals surface area contributed by atoms with Gasteiger partial charge in [-0.15, -0.1) is 0 Å². The summed E-state index contributed by atoms with van der Waals surface area (Å²) in [5.41, 5.74) is 1.98. The number of hydrogen-bond donors (Lipinski definition) is 0. The summed E-state index contributed by atoms with van der Waals surface area (Å²) < 4.78 is 14.4. The third-order valence-electron chi connectivity index (χ3n) is 4.96. The standard InChI is InChI=1S/C25H20Br2ClN3O3/c1-3-33-21-11-17(22(27)23(28)24(21)34-14-16-7-5-4-6-8-16)13-29-31-15(2)30-20-10-9-18(26)12-19(20)25(31)32/h4-13H,3,14H2,1-2H3. The first-order chi connectivity index (χ1) is 16.4. The fraction of sp³-hybridized carbons (Fsp3) is 0.160. The maximum absolute atomic E-state index is 13.0. The van der Waals surface area contributed by atoms with Crippen LogP contribution in [0.15, 0.2) is 73.4 Å². The van der Waals surface area contributed by atoms with Gasteiger partial charge in [-0.05, 0) is 59.6 Å². The smallest absolute Gasteiger partial charge is 0.282 e. The Balaban J connectivity index is 1.72. The summed E-state index contributed by atoms with van der Waals surface area (Å²) in [6.07, 6.45) is 1.54. The van der Waals surface area contributed by atoms with Crippen molar-refractivity contribution in [1.29, 1.82) is 0 Å². The van der Waals surface area contributed by atoms with E-state index >= 15 is 0 Å². The first-order valence-corrected chi connectivity index (χ1v) is 12.4. The number of halogens is 3. The SMILES string of the molecule is CCOc1cc(C=Nn2c(C)nc3ccc(Br)cc3c2=O)c(Br)c(Cl)c1OCc1ccccc1. The van der Waals surface area contributed by atoms with E-state index in [1.165, 1.54) is 4.68 Å². The summed E-state index contributed by atoms with van der Waals surface area (Å²) in [5, 5.41) is 5.22. The lowest BCUT2D eigenvalue weighted by Crippen LogP contribution is -2.20. The van der Waals surface area contributed by atoms with Crippen LogP contribution in [0.1, 0.15) is 23.9 Å². The van der Waals surface area contributed by atoms with Crippen LogP contribution in [-0.4, -0.2) is 22.5 Å². The molecule has 1 aromatic heterocycles. The summed E-state index contributed by atoms with van der Waals surface area (Å²) in [7, 11) is 0. The van der Waals surface area contributed by atoms with Crippen molar-refractivity contribution in [2.75, 3.05) is 6.61 Å².